The van der Waals surface area contributed by atoms with Crippen LogP contribution in [-0.2, 0) is 4.79 Å². The molecule has 20 heavy (non-hydrogen) atoms. The van der Waals surface area contributed by atoms with Gasteiger partial charge in [-0.2, -0.15) is 0 Å². The maximum Gasteiger partial charge on any atom is 0.255 e. The monoisotopic (exact) mass is 288 g/mol. The van der Waals surface area contributed by atoms with Crippen molar-refractivity contribution in [2.45, 2.75) is 26.2 Å². The van der Waals surface area contributed by atoms with Crippen molar-refractivity contribution in [3.05, 3.63) is 24.2 Å². The SMILES string of the molecule is CCCN(CC(F)F)C(=O)CCNC(=O)c1ccoc1. The number of hydrogen-bond acceptors (Lipinski definition) is 3. The molecule has 0 aliphatic carbocycles. The minimum absolute atomic E-state index is 0.00366. The lowest BCUT2D eigenvalue weighted by Gasteiger charge is -2.21. The third-order valence-corrected chi connectivity index (χ3v) is 2.61. The largest absolute Gasteiger partial charge is 0.472 e. The Hall–Kier alpha value is -1.92. The molecule has 0 saturated heterocycles. The van der Waals surface area contributed by atoms with E-state index in [4.69, 9.17) is 4.42 Å². The topological polar surface area (TPSA) is 62.6 Å². The van der Waals surface area contributed by atoms with E-state index >= 15 is 0 Å². The minimum Gasteiger partial charge on any atom is -0.472 e. The smallest absolute Gasteiger partial charge is 0.255 e. The van der Waals surface area contributed by atoms with Crippen LogP contribution in [0.1, 0.15) is 30.1 Å². The molecule has 0 bridgehead atoms. The van der Waals surface area contributed by atoms with Gasteiger partial charge < -0.3 is 14.6 Å². The van der Waals surface area contributed by atoms with Crippen LogP contribution in [0.4, 0.5) is 8.78 Å². The Bertz CT molecular complexity index is 421. The molecule has 0 unspecified atom stereocenters. The summed E-state index contributed by atoms with van der Waals surface area (Å²) in [6.45, 7) is 1.64. The van der Waals surface area contributed by atoms with Crippen molar-refractivity contribution in [2.24, 2.45) is 0 Å². The first-order valence-electron chi connectivity index (χ1n) is 6.41. The number of hydrogen-bond donors (Lipinski definition) is 1. The van der Waals surface area contributed by atoms with Crippen molar-refractivity contribution < 1.29 is 22.8 Å². The van der Waals surface area contributed by atoms with E-state index in [1.165, 1.54) is 18.6 Å². The van der Waals surface area contributed by atoms with Gasteiger partial charge in [-0.25, -0.2) is 8.78 Å². The zero-order valence-corrected chi connectivity index (χ0v) is 11.3. The highest BCUT2D eigenvalue weighted by Crippen LogP contribution is 2.03. The zero-order chi connectivity index (χ0) is 15.0. The number of furan rings is 1. The van der Waals surface area contributed by atoms with Crippen LogP contribution in [0.3, 0.4) is 0 Å². The van der Waals surface area contributed by atoms with Gasteiger partial charge in [-0.05, 0) is 12.5 Å². The Labute approximate surface area is 115 Å². The van der Waals surface area contributed by atoms with Crippen LogP contribution >= 0.6 is 0 Å². The summed E-state index contributed by atoms with van der Waals surface area (Å²) in [7, 11) is 0. The van der Waals surface area contributed by atoms with Crippen molar-refractivity contribution in [3.8, 4) is 0 Å². The fourth-order valence-corrected chi connectivity index (χ4v) is 1.69. The van der Waals surface area contributed by atoms with Crippen LogP contribution in [0, 0.1) is 0 Å². The number of amides is 2. The molecule has 0 saturated carbocycles. The van der Waals surface area contributed by atoms with Gasteiger partial charge in [0.1, 0.15) is 6.26 Å². The molecule has 0 atom stereocenters. The maximum atomic E-state index is 12.3. The Morgan fingerprint density at radius 1 is 1.45 bits per heavy atom. The van der Waals surface area contributed by atoms with E-state index < -0.39 is 13.0 Å². The van der Waals surface area contributed by atoms with E-state index in [-0.39, 0.29) is 24.8 Å². The predicted molar refractivity (Wildman–Crippen MR) is 68.5 cm³/mol. The summed E-state index contributed by atoms with van der Waals surface area (Å²) in [5, 5.41) is 2.53. The Balaban J connectivity index is 2.35. The molecule has 0 aromatic carbocycles. The van der Waals surface area contributed by atoms with Gasteiger partial charge in [0.05, 0.1) is 18.4 Å². The molecule has 1 aromatic rings. The third-order valence-electron chi connectivity index (χ3n) is 2.61. The van der Waals surface area contributed by atoms with E-state index in [1.807, 2.05) is 6.92 Å². The van der Waals surface area contributed by atoms with Crippen molar-refractivity contribution in [3.63, 3.8) is 0 Å². The Kier molecular flexibility index (Phi) is 6.69. The van der Waals surface area contributed by atoms with Crippen LogP contribution in [0.25, 0.3) is 0 Å². The molecule has 0 spiro atoms. The number of alkyl halides is 2. The Morgan fingerprint density at radius 3 is 2.75 bits per heavy atom. The molecule has 2 amide bonds. The fourth-order valence-electron chi connectivity index (χ4n) is 1.69. The summed E-state index contributed by atoms with van der Waals surface area (Å²) < 4.78 is 29.4. The molecule has 112 valence electrons. The molecule has 1 heterocycles. The summed E-state index contributed by atoms with van der Waals surface area (Å²) in [5.74, 6) is -0.748. The molecular formula is C13H18F2N2O3. The second-order valence-electron chi connectivity index (χ2n) is 4.25. The van der Waals surface area contributed by atoms with Crippen molar-refractivity contribution in [2.75, 3.05) is 19.6 Å². The molecule has 5 nitrogen and oxygen atoms in total. The van der Waals surface area contributed by atoms with Gasteiger partial charge in [0, 0.05) is 19.5 Å². The standard InChI is InChI=1S/C13H18F2N2O3/c1-2-6-17(8-11(14)15)12(18)3-5-16-13(19)10-4-7-20-9-10/h4,7,9,11H,2-3,5-6,8H2,1H3,(H,16,19). The molecule has 7 heteroatoms. The average molecular weight is 288 g/mol. The number of halogens is 2. The number of carbonyl (C=O) groups is 2. The second kappa shape index (κ2) is 8.29. The number of carbonyl (C=O) groups excluding carboxylic acids is 2. The maximum absolute atomic E-state index is 12.3. The fraction of sp³-hybridized carbons (Fsp3) is 0.538. The van der Waals surface area contributed by atoms with Crippen LogP contribution in [0.2, 0.25) is 0 Å². The van der Waals surface area contributed by atoms with Gasteiger partial charge in [-0.1, -0.05) is 6.92 Å². The zero-order valence-electron chi connectivity index (χ0n) is 11.3. The summed E-state index contributed by atoms with van der Waals surface area (Å²) >= 11 is 0. The number of nitrogens with zero attached hydrogens (tertiary/aromatic N) is 1. The van der Waals surface area contributed by atoms with Gasteiger partial charge in [0.15, 0.2) is 0 Å². The van der Waals surface area contributed by atoms with Crippen molar-refractivity contribution in [1.82, 2.24) is 10.2 Å². The van der Waals surface area contributed by atoms with Crippen molar-refractivity contribution >= 4 is 11.8 Å². The lowest BCUT2D eigenvalue weighted by atomic mass is 10.3. The molecule has 1 N–H and O–H groups in total. The predicted octanol–water partition coefficient (Wildman–Crippen LogP) is 1.90. The van der Waals surface area contributed by atoms with Gasteiger partial charge >= 0.3 is 0 Å². The first-order chi connectivity index (χ1) is 9.54. The van der Waals surface area contributed by atoms with Gasteiger partial charge in [0.2, 0.25) is 5.91 Å². The highest BCUT2D eigenvalue weighted by molar-refractivity contribution is 5.94. The lowest BCUT2D eigenvalue weighted by molar-refractivity contribution is -0.133. The minimum atomic E-state index is -2.55. The lowest BCUT2D eigenvalue weighted by Crippen LogP contribution is -2.37. The van der Waals surface area contributed by atoms with Crippen molar-refractivity contribution in [1.29, 1.82) is 0 Å². The first-order valence-corrected chi connectivity index (χ1v) is 6.41. The Morgan fingerprint density at radius 2 is 2.20 bits per heavy atom. The van der Waals surface area contributed by atoms with Crippen LogP contribution in [-0.4, -0.2) is 42.8 Å². The summed E-state index contributed by atoms with van der Waals surface area (Å²) in [6.07, 6.45) is 0.713. The van der Waals surface area contributed by atoms with Crippen LogP contribution in [0.5, 0.6) is 0 Å². The van der Waals surface area contributed by atoms with E-state index in [1.54, 1.807) is 0 Å². The quantitative estimate of drug-likeness (QED) is 0.794. The van der Waals surface area contributed by atoms with Gasteiger partial charge in [-0.3, -0.25) is 9.59 Å². The normalized spacial score (nSPS) is 10.6. The summed E-state index contributed by atoms with van der Waals surface area (Å²) in [5.41, 5.74) is 0.357. The highest BCUT2D eigenvalue weighted by atomic mass is 19.3. The second-order valence-corrected chi connectivity index (χ2v) is 4.25. The summed E-state index contributed by atoms with van der Waals surface area (Å²) in [6, 6.07) is 1.50. The van der Waals surface area contributed by atoms with E-state index in [9.17, 15) is 18.4 Å². The number of nitrogens with one attached hydrogen (secondary N) is 1. The molecule has 1 aromatic heterocycles. The molecule has 1 rings (SSSR count). The third kappa shape index (κ3) is 5.38. The molecule has 0 fully saturated rings. The van der Waals surface area contributed by atoms with Gasteiger partial charge in [-0.15, -0.1) is 0 Å². The highest BCUT2D eigenvalue weighted by Gasteiger charge is 2.17. The molecular weight excluding hydrogens is 270 g/mol. The first kappa shape index (κ1) is 16.1. The van der Waals surface area contributed by atoms with E-state index in [0.29, 0.717) is 18.5 Å². The summed E-state index contributed by atoms with van der Waals surface area (Å²) in [4.78, 5) is 24.4. The average Bonchev–Trinajstić information content (AvgIpc) is 2.91. The van der Waals surface area contributed by atoms with Crippen LogP contribution in [0.15, 0.2) is 23.0 Å². The number of rotatable bonds is 8. The van der Waals surface area contributed by atoms with Crippen LogP contribution < -0.4 is 5.32 Å². The van der Waals surface area contributed by atoms with E-state index in [0.717, 1.165) is 4.90 Å². The molecule has 0 aliphatic rings. The van der Waals surface area contributed by atoms with E-state index in [2.05, 4.69) is 5.32 Å². The van der Waals surface area contributed by atoms with Gasteiger partial charge in [0.25, 0.3) is 12.3 Å². The molecule has 0 aliphatic heterocycles. The molecule has 0 radical (unpaired) electrons.